The molecule has 2 heterocycles. The molecule has 2 aromatic rings. The lowest BCUT2D eigenvalue weighted by molar-refractivity contribution is 0.0692. The van der Waals surface area contributed by atoms with Crippen molar-refractivity contribution in [2.45, 2.75) is 0 Å². The number of H-pyrrole nitrogens is 2. The number of aromatic amines is 2. The monoisotopic (exact) mass is 151 g/mol. The molecule has 0 unspecified atom stereocenters. The van der Waals surface area contributed by atoms with Crippen LogP contribution in [-0.4, -0.2) is 26.3 Å². The predicted molar refractivity (Wildman–Crippen MR) is 37.4 cm³/mol. The molecule has 3 N–H and O–H groups in total. The third-order valence-corrected chi connectivity index (χ3v) is 1.47. The van der Waals surface area contributed by atoms with Crippen molar-refractivity contribution in [3.05, 3.63) is 18.0 Å². The number of rotatable bonds is 1. The average molecular weight is 151 g/mol. The highest BCUT2D eigenvalue weighted by molar-refractivity contribution is 5.99. The van der Waals surface area contributed by atoms with Crippen LogP contribution in [0.4, 0.5) is 0 Å². The molecular weight excluding hydrogens is 146 g/mol. The first-order valence-corrected chi connectivity index (χ1v) is 3.04. The van der Waals surface area contributed by atoms with Crippen LogP contribution < -0.4 is 0 Å². The molecule has 0 aliphatic carbocycles. The van der Waals surface area contributed by atoms with Gasteiger partial charge in [0.05, 0.1) is 11.0 Å². The maximum atomic E-state index is 10.5. The number of hydrogen-bond acceptors (Lipinski definition) is 2. The molecule has 0 amide bonds. The van der Waals surface area contributed by atoms with E-state index < -0.39 is 5.97 Å². The standard InChI is InChI=1S/C6H5N3O2/c10-6(11)5-4-3(8-9-5)1-2-7-4/h1-2,7H,(H,8,9)(H,10,11). The van der Waals surface area contributed by atoms with Crippen molar-refractivity contribution in [2.75, 3.05) is 0 Å². The van der Waals surface area contributed by atoms with E-state index in [1.54, 1.807) is 12.3 Å². The summed E-state index contributed by atoms with van der Waals surface area (Å²) in [5.41, 5.74) is 1.28. The van der Waals surface area contributed by atoms with E-state index in [1.807, 2.05) is 0 Å². The van der Waals surface area contributed by atoms with Gasteiger partial charge in [-0.05, 0) is 6.07 Å². The number of aromatic nitrogens is 3. The number of nitrogens with zero attached hydrogens (tertiary/aromatic N) is 1. The van der Waals surface area contributed by atoms with E-state index in [0.717, 1.165) is 0 Å². The fraction of sp³-hybridized carbons (Fsp3) is 0. The Kier molecular flexibility index (Phi) is 1.00. The lowest BCUT2D eigenvalue weighted by Crippen LogP contribution is -1.97. The van der Waals surface area contributed by atoms with Crippen LogP contribution in [0.15, 0.2) is 12.3 Å². The average Bonchev–Trinajstić information content (AvgIpc) is 2.41. The summed E-state index contributed by atoms with van der Waals surface area (Å²) in [6.07, 6.45) is 1.66. The fourth-order valence-corrected chi connectivity index (χ4v) is 0.985. The molecule has 0 bridgehead atoms. The van der Waals surface area contributed by atoms with Crippen LogP contribution in [-0.2, 0) is 0 Å². The van der Waals surface area contributed by atoms with Gasteiger partial charge in [0.25, 0.3) is 0 Å². The van der Waals surface area contributed by atoms with Crippen molar-refractivity contribution in [1.82, 2.24) is 15.2 Å². The SMILES string of the molecule is O=C(O)c1n[nH]c2cc[nH]c12. The summed E-state index contributed by atoms with van der Waals surface area (Å²) in [7, 11) is 0. The minimum Gasteiger partial charge on any atom is -0.476 e. The molecule has 0 saturated heterocycles. The molecular formula is C6H5N3O2. The third kappa shape index (κ3) is 0.706. The molecule has 11 heavy (non-hydrogen) atoms. The zero-order valence-electron chi connectivity index (χ0n) is 5.46. The number of fused-ring (bicyclic) bond motifs is 1. The second kappa shape index (κ2) is 1.85. The fourth-order valence-electron chi connectivity index (χ4n) is 0.985. The van der Waals surface area contributed by atoms with Gasteiger partial charge in [0.15, 0.2) is 5.69 Å². The molecule has 0 radical (unpaired) electrons. The highest BCUT2D eigenvalue weighted by Gasteiger charge is 2.12. The Bertz CT molecular complexity index is 401. The van der Waals surface area contributed by atoms with Crippen molar-refractivity contribution >= 4 is 17.0 Å². The van der Waals surface area contributed by atoms with Gasteiger partial charge in [0.1, 0.15) is 0 Å². The van der Waals surface area contributed by atoms with Crippen LogP contribution in [0.1, 0.15) is 10.5 Å². The van der Waals surface area contributed by atoms with Gasteiger partial charge < -0.3 is 10.1 Å². The Morgan fingerprint density at radius 1 is 1.64 bits per heavy atom. The largest absolute Gasteiger partial charge is 0.476 e. The smallest absolute Gasteiger partial charge is 0.358 e. The molecule has 0 fully saturated rings. The zero-order valence-corrected chi connectivity index (χ0v) is 5.46. The minimum absolute atomic E-state index is 0.0324. The van der Waals surface area contributed by atoms with Crippen LogP contribution in [0.5, 0.6) is 0 Å². The minimum atomic E-state index is -1.03. The molecule has 0 aromatic carbocycles. The molecule has 2 rings (SSSR count). The van der Waals surface area contributed by atoms with Crippen LogP contribution >= 0.6 is 0 Å². The quantitative estimate of drug-likeness (QED) is 0.557. The van der Waals surface area contributed by atoms with Crippen molar-refractivity contribution < 1.29 is 9.90 Å². The van der Waals surface area contributed by atoms with Crippen LogP contribution in [0, 0.1) is 0 Å². The molecule has 0 saturated carbocycles. The Balaban J connectivity index is 2.78. The van der Waals surface area contributed by atoms with Crippen molar-refractivity contribution in [3.8, 4) is 0 Å². The molecule has 0 aliphatic heterocycles. The molecule has 5 heteroatoms. The predicted octanol–water partition coefficient (Wildman–Crippen LogP) is 0.589. The Labute approximate surface area is 61.0 Å². The molecule has 56 valence electrons. The van der Waals surface area contributed by atoms with E-state index >= 15 is 0 Å². The molecule has 0 spiro atoms. The van der Waals surface area contributed by atoms with Crippen molar-refractivity contribution in [1.29, 1.82) is 0 Å². The van der Waals surface area contributed by atoms with E-state index in [4.69, 9.17) is 5.11 Å². The Morgan fingerprint density at radius 3 is 3.18 bits per heavy atom. The van der Waals surface area contributed by atoms with E-state index in [-0.39, 0.29) is 5.69 Å². The van der Waals surface area contributed by atoms with Gasteiger partial charge in [-0.25, -0.2) is 4.79 Å². The van der Waals surface area contributed by atoms with Gasteiger partial charge in [-0.15, -0.1) is 0 Å². The van der Waals surface area contributed by atoms with Gasteiger partial charge in [-0.1, -0.05) is 0 Å². The van der Waals surface area contributed by atoms with E-state index in [2.05, 4.69) is 15.2 Å². The number of hydrogen-bond donors (Lipinski definition) is 3. The highest BCUT2D eigenvalue weighted by Crippen LogP contribution is 2.12. The summed E-state index contributed by atoms with van der Waals surface area (Å²) in [5, 5.41) is 14.8. The van der Waals surface area contributed by atoms with Crippen molar-refractivity contribution in [2.24, 2.45) is 0 Å². The second-order valence-electron chi connectivity index (χ2n) is 2.14. The summed E-state index contributed by atoms with van der Waals surface area (Å²) in [6, 6.07) is 1.73. The summed E-state index contributed by atoms with van der Waals surface area (Å²) < 4.78 is 0. The summed E-state index contributed by atoms with van der Waals surface area (Å²) >= 11 is 0. The van der Waals surface area contributed by atoms with E-state index in [9.17, 15) is 4.79 Å². The topological polar surface area (TPSA) is 81.8 Å². The van der Waals surface area contributed by atoms with E-state index in [1.165, 1.54) is 0 Å². The maximum absolute atomic E-state index is 10.5. The zero-order chi connectivity index (χ0) is 7.84. The Hall–Kier alpha value is -1.78. The molecule has 5 nitrogen and oxygen atoms in total. The van der Waals surface area contributed by atoms with Crippen LogP contribution in [0.2, 0.25) is 0 Å². The van der Waals surface area contributed by atoms with Gasteiger partial charge in [-0.2, -0.15) is 5.10 Å². The summed E-state index contributed by atoms with van der Waals surface area (Å²) in [4.78, 5) is 13.2. The highest BCUT2D eigenvalue weighted by atomic mass is 16.4. The second-order valence-corrected chi connectivity index (χ2v) is 2.14. The molecule has 0 atom stereocenters. The van der Waals surface area contributed by atoms with Crippen LogP contribution in [0.25, 0.3) is 11.0 Å². The first kappa shape index (κ1) is 5.96. The van der Waals surface area contributed by atoms with E-state index in [0.29, 0.717) is 11.0 Å². The van der Waals surface area contributed by atoms with Gasteiger partial charge >= 0.3 is 5.97 Å². The lowest BCUT2D eigenvalue weighted by Gasteiger charge is -1.82. The summed E-state index contributed by atoms with van der Waals surface area (Å²) in [5.74, 6) is -1.03. The van der Waals surface area contributed by atoms with Gasteiger partial charge in [-0.3, -0.25) is 5.10 Å². The molecule has 2 aromatic heterocycles. The third-order valence-electron chi connectivity index (χ3n) is 1.47. The lowest BCUT2D eigenvalue weighted by atomic mass is 10.4. The Morgan fingerprint density at radius 2 is 2.45 bits per heavy atom. The first-order chi connectivity index (χ1) is 5.29. The van der Waals surface area contributed by atoms with Gasteiger partial charge in [0.2, 0.25) is 0 Å². The van der Waals surface area contributed by atoms with Gasteiger partial charge in [0, 0.05) is 6.20 Å². The number of carboxylic acids is 1. The number of aromatic carboxylic acids is 1. The number of carbonyl (C=O) groups is 1. The first-order valence-electron chi connectivity index (χ1n) is 3.04. The molecule has 0 aliphatic rings. The van der Waals surface area contributed by atoms with Crippen molar-refractivity contribution in [3.63, 3.8) is 0 Å². The normalized spacial score (nSPS) is 10.5. The van der Waals surface area contributed by atoms with Crippen LogP contribution in [0.3, 0.4) is 0 Å². The number of nitrogens with one attached hydrogen (secondary N) is 2. The number of carboxylic acid groups (broad SMARTS) is 1. The summed E-state index contributed by atoms with van der Waals surface area (Å²) in [6.45, 7) is 0. The maximum Gasteiger partial charge on any atom is 0.358 e.